The number of hydrogen-bond acceptors (Lipinski definition) is 3. The van der Waals surface area contributed by atoms with E-state index in [9.17, 15) is 4.79 Å². The second-order valence-electron chi connectivity index (χ2n) is 7.30. The second-order valence-corrected chi connectivity index (χ2v) is 8.25. The van der Waals surface area contributed by atoms with Gasteiger partial charge >= 0.3 is 0 Å². The number of nitrogens with one attached hydrogen (secondary N) is 1. The molecule has 2 fully saturated rings. The van der Waals surface area contributed by atoms with Crippen molar-refractivity contribution in [3.63, 3.8) is 0 Å². The molecule has 1 N–H and O–H groups in total. The molecule has 4 heteroatoms. The molecule has 1 aromatic carbocycles. The molecule has 1 aliphatic carbocycles. The summed E-state index contributed by atoms with van der Waals surface area (Å²) < 4.78 is 0. The van der Waals surface area contributed by atoms with Crippen molar-refractivity contribution < 1.29 is 4.79 Å². The zero-order valence-corrected chi connectivity index (χ0v) is 15.4. The number of amides is 1. The van der Waals surface area contributed by atoms with Gasteiger partial charge in [0.25, 0.3) is 0 Å². The van der Waals surface area contributed by atoms with E-state index < -0.39 is 0 Å². The van der Waals surface area contributed by atoms with Gasteiger partial charge in [-0.1, -0.05) is 37.1 Å². The Hall–Kier alpha value is -1.81. The Labute approximate surface area is 154 Å². The van der Waals surface area contributed by atoms with E-state index in [0.717, 1.165) is 45.2 Å². The van der Waals surface area contributed by atoms with Crippen molar-refractivity contribution in [3.8, 4) is 0 Å². The van der Waals surface area contributed by atoms with Crippen LogP contribution in [0, 0.1) is 0 Å². The summed E-state index contributed by atoms with van der Waals surface area (Å²) in [4.78, 5) is 16.8. The van der Waals surface area contributed by atoms with E-state index >= 15 is 0 Å². The Morgan fingerprint density at radius 1 is 1.12 bits per heavy atom. The van der Waals surface area contributed by atoms with Crippen LogP contribution < -0.4 is 10.2 Å². The lowest BCUT2D eigenvalue weighted by Gasteiger charge is -2.30. The van der Waals surface area contributed by atoms with Crippen LogP contribution in [0.5, 0.6) is 0 Å². The van der Waals surface area contributed by atoms with Crippen LogP contribution in [0.15, 0.2) is 47.8 Å². The topological polar surface area (TPSA) is 32.3 Å². The molecule has 1 unspecified atom stereocenters. The average Bonchev–Trinajstić information content (AvgIpc) is 3.42. The van der Waals surface area contributed by atoms with Gasteiger partial charge in [0.1, 0.15) is 0 Å². The minimum Gasteiger partial charge on any atom is -0.367 e. The molecule has 1 aromatic heterocycles. The Morgan fingerprint density at radius 2 is 1.92 bits per heavy atom. The summed E-state index contributed by atoms with van der Waals surface area (Å²) in [6.07, 6.45) is 6.65. The summed E-state index contributed by atoms with van der Waals surface area (Å²) in [7, 11) is 0. The first-order valence-electron chi connectivity index (χ1n) is 9.44. The van der Waals surface area contributed by atoms with Crippen molar-refractivity contribution in [2.75, 3.05) is 18.0 Å². The molecule has 25 heavy (non-hydrogen) atoms. The van der Waals surface area contributed by atoms with Crippen molar-refractivity contribution in [1.29, 1.82) is 0 Å². The molecule has 2 aromatic rings. The highest BCUT2D eigenvalue weighted by molar-refractivity contribution is 7.10. The van der Waals surface area contributed by atoms with E-state index in [1.54, 1.807) is 11.3 Å². The normalized spacial score (nSPS) is 22.2. The number of carbonyl (C=O) groups excluding carboxylic acids is 1. The monoisotopic (exact) mass is 354 g/mol. The number of para-hydroxylation sites is 1. The third kappa shape index (κ3) is 3.20. The van der Waals surface area contributed by atoms with Gasteiger partial charge in [0.15, 0.2) is 0 Å². The van der Waals surface area contributed by atoms with Gasteiger partial charge in [-0.2, -0.15) is 0 Å². The fraction of sp³-hybridized carbons (Fsp3) is 0.476. The number of benzene rings is 1. The third-order valence-electron chi connectivity index (χ3n) is 5.85. The summed E-state index contributed by atoms with van der Waals surface area (Å²) in [5.41, 5.74) is 0.998. The molecular formula is C21H26N2OS. The third-order valence-corrected chi connectivity index (χ3v) is 6.92. The van der Waals surface area contributed by atoms with Crippen LogP contribution in [0.2, 0.25) is 0 Å². The predicted molar refractivity (Wildman–Crippen MR) is 104 cm³/mol. The highest BCUT2D eigenvalue weighted by Crippen LogP contribution is 2.43. The van der Waals surface area contributed by atoms with Crippen LogP contribution in [-0.4, -0.2) is 25.0 Å². The van der Waals surface area contributed by atoms with Gasteiger partial charge in [-0.05, 0) is 49.3 Å². The first kappa shape index (κ1) is 16.6. The van der Waals surface area contributed by atoms with Gasteiger partial charge in [0, 0.05) is 29.7 Å². The number of anilines is 1. The van der Waals surface area contributed by atoms with Gasteiger partial charge in [-0.25, -0.2) is 0 Å². The molecule has 4 rings (SSSR count). The summed E-state index contributed by atoms with van der Waals surface area (Å²) in [5.74, 6) is 0.243. The minimum atomic E-state index is -0.273. The molecule has 0 radical (unpaired) electrons. The number of rotatable bonds is 5. The van der Waals surface area contributed by atoms with Crippen LogP contribution in [-0.2, 0) is 10.2 Å². The molecule has 2 aliphatic rings. The van der Waals surface area contributed by atoms with Crippen molar-refractivity contribution in [3.05, 3.63) is 52.7 Å². The maximum atomic E-state index is 13.1. The molecule has 0 spiro atoms. The predicted octanol–water partition coefficient (Wildman–Crippen LogP) is 4.35. The first-order valence-corrected chi connectivity index (χ1v) is 10.3. The standard InChI is InChI=1S/C21H26N2OS/c24-20(21(12-4-5-13-21)19-11-7-15-25-19)22-16-18-10-6-14-23(18)17-8-2-1-3-9-17/h1-3,7-9,11,15,18H,4-6,10,12-14,16H2,(H,22,24). The lowest BCUT2D eigenvalue weighted by Crippen LogP contribution is -2.47. The maximum absolute atomic E-state index is 13.1. The SMILES string of the molecule is O=C(NCC1CCCN1c1ccccc1)C1(c2cccs2)CCCC1. The molecule has 132 valence electrons. The molecule has 1 atom stereocenters. The lowest BCUT2D eigenvalue weighted by atomic mass is 9.83. The fourth-order valence-corrected chi connectivity index (χ4v) is 5.49. The van der Waals surface area contributed by atoms with Crippen LogP contribution in [0.1, 0.15) is 43.4 Å². The number of nitrogens with zero attached hydrogens (tertiary/aromatic N) is 1. The van der Waals surface area contributed by atoms with E-state index in [1.807, 2.05) is 0 Å². The molecular weight excluding hydrogens is 328 g/mol. The maximum Gasteiger partial charge on any atom is 0.231 e. The first-order chi connectivity index (χ1) is 12.3. The van der Waals surface area contributed by atoms with Gasteiger partial charge < -0.3 is 10.2 Å². The molecule has 3 nitrogen and oxygen atoms in total. The molecule has 0 bridgehead atoms. The van der Waals surface area contributed by atoms with Gasteiger partial charge in [0.05, 0.1) is 5.41 Å². The number of thiophene rings is 1. The lowest BCUT2D eigenvalue weighted by molar-refractivity contribution is -0.126. The quantitative estimate of drug-likeness (QED) is 0.866. The van der Waals surface area contributed by atoms with Crippen LogP contribution in [0.4, 0.5) is 5.69 Å². The van der Waals surface area contributed by atoms with Crippen molar-refractivity contribution in [1.82, 2.24) is 5.32 Å². The highest BCUT2D eigenvalue weighted by atomic mass is 32.1. The minimum absolute atomic E-state index is 0.243. The zero-order chi connectivity index (χ0) is 17.1. The zero-order valence-electron chi connectivity index (χ0n) is 14.6. The summed E-state index contributed by atoms with van der Waals surface area (Å²) >= 11 is 1.73. The van der Waals surface area contributed by atoms with Crippen molar-refractivity contribution in [2.24, 2.45) is 0 Å². The van der Waals surface area contributed by atoms with Crippen LogP contribution >= 0.6 is 11.3 Å². The summed E-state index contributed by atoms with van der Waals surface area (Å²) in [6.45, 7) is 1.83. The second kappa shape index (κ2) is 7.20. The highest BCUT2D eigenvalue weighted by Gasteiger charge is 2.43. The van der Waals surface area contributed by atoms with E-state index in [1.165, 1.54) is 17.0 Å². The Kier molecular flexibility index (Phi) is 4.80. The molecule has 1 saturated heterocycles. The van der Waals surface area contributed by atoms with E-state index in [-0.39, 0.29) is 11.3 Å². The van der Waals surface area contributed by atoms with E-state index in [4.69, 9.17) is 0 Å². The van der Waals surface area contributed by atoms with Crippen LogP contribution in [0.25, 0.3) is 0 Å². The van der Waals surface area contributed by atoms with Gasteiger partial charge in [-0.3, -0.25) is 4.79 Å². The van der Waals surface area contributed by atoms with Crippen molar-refractivity contribution in [2.45, 2.75) is 50.0 Å². The number of hydrogen-bond donors (Lipinski definition) is 1. The Bertz CT molecular complexity index is 692. The summed E-state index contributed by atoms with van der Waals surface area (Å²) in [5, 5.41) is 5.42. The fourth-order valence-electron chi connectivity index (χ4n) is 4.50. The smallest absolute Gasteiger partial charge is 0.231 e. The average molecular weight is 355 g/mol. The molecule has 1 saturated carbocycles. The molecule has 2 heterocycles. The van der Waals surface area contributed by atoms with Gasteiger partial charge in [-0.15, -0.1) is 11.3 Å². The Balaban J connectivity index is 1.44. The van der Waals surface area contributed by atoms with E-state index in [2.05, 4.69) is 58.1 Å². The number of carbonyl (C=O) groups is 1. The van der Waals surface area contributed by atoms with Crippen LogP contribution in [0.3, 0.4) is 0 Å². The largest absolute Gasteiger partial charge is 0.367 e. The summed E-state index contributed by atoms with van der Waals surface area (Å²) in [6, 6.07) is 15.2. The molecule has 1 amide bonds. The Morgan fingerprint density at radius 3 is 2.64 bits per heavy atom. The van der Waals surface area contributed by atoms with Gasteiger partial charge in [0.2, 0.25) is 5.91 Å². The molecule has 1 aliphatic heterocycles. The van der Waals surface area contributed by atoms with Crippen molar-refractivity contribution >= 4 is 22.9 Å². The van der Waals surface area contributed by atoms with E-state index in [0.29, 0.717) is 6.04 Å².